The van der Waals surface area contributed by atoms with Crippen molar-refractivity contribution in [2.45, 2.75) is 25.5 Å². The van der Waals surface area contributed by atoms with Crippen LogP contribution in [0.25, 0.3) is 6.08 Å². The number of hydrogen-bond acceptors (Lipinski definition) is 8. The van der Waals surface area contributed by atoms with E-state index in [-0.39, 0.29) is 17.8 Å². The Bertz CT molecular complexity index is 1240. The molecule has 1 aromatic carbocycles. The number of anilines is 2. The van der Waals surface area contributed by atoms with E-state index in [2.05, 4.69) is 34.9 Å². The van der Waals surface area contributed by atoms with Crippen molar-refractivity contribution in [3.63, 3.8) is 0 Å². The van der Waals surface area contributed by atoms with Crippen LogP contribution in [-0.2, 0) is 17.8 Å². The van der Waals surface area contributed by atoms with E-state index in [9.17, 15) is 9.90 Å². The van der Waals surface area contributed by atoms with E-state index in [1.54, 1.807) is 18.2 Å². The Morgan fingerprint density at radius 2 is 1.92 bits per heavy atom. The van der Waals surface area contributed by atoms with Gasteiger partial charge in [-0.15, -0.1) is 0 Å². The van der Waals surface area contributed by atoms with Gasteiger partial charge < -0.3 is 29.4 Å². The number of fused-ring (bicyclic) bond motifs is 1. The van der Waals surface area contributed by atoms with E-state index in [0.717, 1.165) is 60.8 Å². The van der Waals surface area contributed by atoms with Crippen LogP contribution in [0.5, 0.6) is 11.8 Å². The zero-order valence-corrected chi connectivity index (χ0v) is 22.1. The molecule has 3 aliphatic rings. The molecule has 2 saturated heterocycles. The normalized spacial score (nSPS) is 20.0. The summed E-state index contributed by atoms with van der Waals surface area (Å²) < 4.78 is 6.31. The third-order valence-electron chi connectivity index (χ3n) is 7.48. The summed E-state index contributed by atoms with van der Waals surface area (Å²) in [6.45, 7) is 13.2. The lowest BCUT2D eigenvalue weighted by atomic mass is 10.0. The molecule has 0 spiro atoms. The van der Waals surface area contributed by atoms with Crippen LogP contribution in [0.3, 0.4) is 0 Å². The maximum absolute atomic E-state index is 12.1. The maximum atomic E-state index is 12.1. The van der Waals surface area contributed by atoms with Crippen LogP contribution in [0.2, 0.25) is 0 Å². The van der Waals surface area contributed by atoms with Gasteiger partial charge in [0.15, 0.2) is 0 Å². The summed E-state index contributed by atoms with van der Waals surface area (Å²) in [5, 5.41) is 10.2. The molecule has 4 heterocycles. The van der Waals surface area contributed by atoms with Gasteiger partial charge in [0.2, 0.25) is 5.91 Å². The number of hydrogen-bond donors (Lipinski definition) is 1. The fraction of sp³-hybridized carbons (Fsp3) is 0.414. The Hall–Kier alpha value is -3.85. The second-order valence-corrected chi connectivity index (χ2v) is 10.1. The van der Waals surface area contributed by atoms with Crippen LogP contribution in [0.15, 0.2) is 49.6 Å². The van der Waals surface area contributed by atoms with Crippen LogP contribution in [0.4, 0.5) is 11.5 Å². The standard InChI is InChI=1S/C29H36N6O3/c1-4-6-7-21-8-9-22(36)18-26(21)35-13-11-24-25(20-35)30-29(38-23-10-12-32(3)19-23)31-28(24)34-16-14-33(15-17-34)27(37)5-2/h4-9,18,23,36H,1-2,10-17,19-20H2,3H3/b7-6-. The number of aromatic hydroxyl groups is 1. The van der Waals surface area contributed by atoms with E-state index in [4.69, 9.17) is 14.7 Å². The molecule has 2 aromatic rings. The number of carbonyl (C=O) groups excluding carboxylic acids is 1. The van der Waals surface area contributed by atoms with E-state index >= 15 is 0 Å². The molecule has 1 amide bonds. The minimum atomic E-state index is -0.0354. The van der Waals surface area contributed by atoms with Crippen LogP contribution in [0, 0.1) is 0 Å². The summed E-state index contributed by atoms with van der Waals surface area (Å²) in [5.74, 6) is 1.10. The number of likely N-dealkylation sites (N-methyl/N-ethyl adjacent to an activating group) is 1. The number of piperazine rings is 1. The molecule has 5 rings (SSSR count). The number of phenols is 1. The highest BCUT2D eigenvalue weighted by Crippen LogP contribution is 2.34. The molecule has 0 saturated carbocycles. The summed E-state index contributed by atoms with van der Waals surface area (Å²) >= 11 is 0. The fourth-order valence-electron chi connectivity index (χ4n) is 5.43. The van der Waals surface area contributed by atoms with E-state index in [0.29, 0.717) is 38.7 Å². The topological polar surface area (TPSA) is 85.3 Å². The highest BCUT2D eigenvalue weighted by atomic mass is 16.5. The molecular weight excluding hydrogens is 480 g/mol. The van der Waals surface area contributed by atoms with Crippen molar-refractivity contribution in [3.05, 3.63) is 66.4 Å². The van der Waals surface area contributed by atoms with E-state index in [1.807, 2.05) is 23.1 Å². The molecule has 1 unspecified atom stereocenters. The number of rotatable bonds is 7. The summed E-state index contributed by atoms with van der Waals surface area (Å²) in [5.41, 5.74) is 4.03. The quantitative estimate of drug-likeness (QED) is 0.444. The van der Waals surface area contributed by atoms with Gasteiger partial charge in [-0.3, -0.25) is 4.79 Å². The molecule has 2 fully saturated rings. The minimum Gasteiger partial charge on any atom is -0.508 e. The largest absolute Gasteiger partial charge is 0.508 e. The highest BCUT2D eigenvalue weighted by Gasteiger charge is 2.30. The van der Waals surface area contributed by atoms with Crippen molar-refractivity contribution in [2.75, 3.05) is 62.7 Å². The van der Waals surface area contributed by atoms with Gasteiger partial charge in [-0.05, 0) is 43.7 Å². The summed E-state index contributed by atoms with van der Waals surface area (Å²) in [6, 6.07) is 5.83. The van der Waals surface area contributed by atoms with Crippen LogP contribution in [-0.4, -0.2) is 89.7 Å². The van der Waals surface area contributed by atoms with Crippen molar-refractivity contribution >= 4 is 23.5 Å². The third-order valence-corrected chi connectivity index (χ3v) is 7.48. The molecule has 3 aliphatic heterocycles. The molecule has 0 radical (unpaired) electrons. The molecule has 1 aromatic heterocycles. The Kier molecular flexibility index (Phi) is 7.64. The number of likely N-dealkylation sites (tertiary alicyclic amines) is 1. The predicted octanol–water partition coefficient (Wildman–Crippen LogP) is 2.86. The molecule has 38 heavy (non-hydrogen) atoms. The maximum Gasteiger partial charge on any atom is 0.318 e. The van der Waals surface area contributed by atoms with Gasteiger partial charge in [0, 0.05) is 63.1 Å². The molecule has 1 atom stereocenters. The van der Waals surface area contributed by atoms with Crippen molar-refractivity contribution in [3.8, 4) is 11.8 Å². The summed E-state index contributed by atoms with van der Waals surface area (Å²) in [7, 11) is 2.10. The predicted molar refractivity (Wildman–Crippen MR) is 150 cm³/mol. The average molecular weight is 517 g/mol. The van der Waals surface area contributed by atoms with Gasteiger partial charge in [-0.1, -0.05) is 31.4 Å². The third kappa shape index (κ3) is 5.52. The Balaban J connectivity index is 1.46. The second-order valence-electron chi connectivity index (χ2n) is 10.1. The van der Waals surface area contributed by atoms with Crippen molar-refractivity contribution in [1.82, 2.24) is 19.8 Å². The fourth-order valence-corrected chi connectivity index (χ4v) is 5.43. The number of amides is 1. The number of aromatic nitrogens is 2. The zero-order chi connectivity index (χ0) is 26.6. The lowest BCUT2D eigenvalue weighted by Crippen LogP contribution is -2.49. The number of carbonyl (C=O) groups is 1. The first-order valence-electron chi connectivity index (χ1n) is 13.2. The monoisotopic (exact) mass is 516 g/mol. The van der Waals surface area contributed by atoms with Gasteiger partial charge in [0.1, 0.15) is 17.7 Å². The molecule has 9 nitrogen and oxygen atoms in total. The first-order chi connectivity index (χ1) is 18.4. The Morgan fingerprint density at radius 1 is 1.11 bits per heavy atom. The second kappa shape index (κ2) is 11.3. The lowest BCUT2D eigenvalue weighted by molar-refractivity contribution is -0.126. The first kappa shape index (κ1) is 25.8. The van der Waals surface area contributed by atoms with Crippen LogP contribution >= 0.6 is 0 Å². The Morgan fingerprint density at radius 3 is 2.63 bits per heavy atom. The molecule has 0 aliphatic carbocycles. The molecule has 200 valence electrons. The lowest BCUT2D eigenvalue weighted by Gasteiger charge is -2.38. The van der Waals surface area contributed by atoms with Crippen molar-refractivity contribution in [1.29, 1.82) is 0 Å². The Labute approximate surface area is 224 Å². The number of benzene rings is 1. The van der Waals surface area contributed by atoms with Crippen molar-refractivity contribution < 1.29 is 14.6 Å². The summed E-state index contributed by atoms with van der Waals surface area (Å²) in [6.07, 6.45) is 8.80. The van der Waals surface area contributed by atoms with Gasteiger partial charge in [-0.25, -0.2) is 0 Å². The van der Waals surface area contributed by atoms with Gasteiger partial charge in [0.05, 0.1) is 12.2 Å². The van der Waals surface area contributed by atoms with Crippen molar-refractivity contribution in [2.24, 2.45) is 0 Å². The van der Waals surface area contributed by atoms with E-state index < -0.39 is 0 Å². The van der Waals surface area contributed by atoms with Gasteiger partial charge >= 0.3 is 6.01 Å². The SMILES string of the molecule is C=C/C=C\c1ccc(O)cc1N1CCc2c(nc(OC3CCN(C)C3)nc2N2CCN(C(=O)C=C)CC2)C1. The van der Waals surface area contributed by atoms with E-state index in [1.165, 1.54) is 6.08 Å². The smallest absolute Gasteiger partial charge is 0.318 e. The van der Waals surface area contributed by atoms with Crippen LogP contribution < -0.4 is 14.5 Å². The molecule has 0 bridgehead atoms. The van der Waals surface area contributed by atoms with Gasteiger partial charge in [-0.2, -0.15) is 9.97 Å². The van der Waals surface area contributed by atoms with Gasteiger partial charge in [0.25, 0.3) is 0 Å². The minimum absolute atomic E-state index is 0.0354. The average Bonchev–Trinajstić information content (AvgIpc) is 3.35. The molecular formula is C29H36N6O3. The summed E-state index contributed by atoms with van der Waals surface area (Å²) in [4.78, 5) is 30.5. The molecule has 1 N–H and O–H groups in total. The number of phenolic OH excluding ortho intramolecular Hbond substituents is 1. The number of allylic oxidation sites excluding steroid dienone is 2. The highest BCUT2D eigenvalue weighted by molar-refractivity contribution is 5.87. The van der Waals surface area contributed by atoms with Crippen LogP contribution in [0.1, 0.15) is 23.2 Å². The number of ether oxygens (including phenoxy) is 1. The zero-order valence-electron chi connectivity index (χ0n) is 22.1. The molecule has 9 heteroatoms. The first-order valence-corrected chi connectivity index (χ1v) is 13.2. The number of nitrogens with zero attached hydrogens (tertiary/aromatic N) is 6.